The van der Waals surface area contributed by atoms with E-state index in [1.54, 1.807) is 11.3 Å². The molecule has 0 amide bonds. The van der Waals surface area contributed by atoms with Crippen LogP contribution in [0.15, 0.2) is 23.8 Å². The van der Waals surface area contributed by atoms with Crippen molar-refractivity contribution < 1.29 is 0 Å². The van der Waals surface area contributed by atoms with Crippen LogP contribution in [0.3, 0.4) is 0 Å². The molecule has 68 valence electrons. The zero-order valence-electron chi connectivity index (χ0n) is 7.03. The highest BCUT2D eigenvalue weighted by atomic mass is 32.1. The predicted octanol–water partition coefficient (Wildman–Crippen LogP) is 2.61. The minimum Gasteiger partial charge on any atom is -0.367 e. The van der Waals surface area contributed by atoms with Gasteiger partial charge in [0.25, 0.3) is 0 Å². The third-order valence-electron chi connectivity index (χ3n) is 1.77. The molecular weight excluding hydrogens is 200 g/mol. The van der Waals surface area contributed by atoms with Crippen molar-refractivity contribution in [2.24, 2.45) is 0 Å². The maximum absolute atomic E-state index is 4.49. The van der Waals surface area contributed by atoms with E-state index in [0.29, 0.717) is 0 Å². The van der Waals surface area contributed by atoms with Crippen molar-refractivity contribution in [3.63, 3.8) is 0 Å². The summed E-state index contributed by atoms with van der Waals surface area (Å²) in [6, 6.07) is 2.03. The van der Waals surface area contributed by atoms with Crippen LogP contribution in [0, 0.1) is 0 Å². The molecule has 2 rings (SSSR count). The first-order valence-electron chi connectivity index (χ1n) is 4.08. The van der Waals surface area contributed by atoms with E-state index < -0.39 is 0 Å². The largest absolute Gasteiger partial charge is 0.367 e. The Morgan fingerprint density at radius 2 is 2.46 bits per heavy atom. The van der Waals surface area contributed by atoms with Gasteiger partial charge in [0.1, 0.15) is 0 Å². The summed E-state index contributed by atoms with van der Waals surface area (Å²) in [5.41, 5.74) is 2.21. The fourth-order valence-corrected chi connectivity index (χ4v) is 2.31. The van der Waals surface area contributed by atoms with Gasteiger partial charge in [-0.25, -0.2) is 4.98 Å². The number of aromatic amines is 1. The maximum Gasteiger partial charge on any atom is 0.0940 e. The lowest BCUT2D eigenvalue weighted by atomic mass is 10.3. The number of hydrogen-bond donors (Lipinski definition) is 2. The molecule has 0 radical (unpaired) electrons. The fraction of sp³-hybridized carbons (Fsp3) is 0.222. The summed E-state index contributed by atoms with van der Waals surface area (Å²) < 4.78 is 0. The second-order valence-electron chi connectivity index (χ2n) is 2.70. The van der Waals surface area contributed by atoms with E-state index in [1.165, 1.54) is 0 Å². The molecule has 0 aromatic carbocycles. The molecule has 0 saturated heterocycles. The third kappa shape index (κ3) is 1.95. The maximum atomic E-state index is 4.49. The SMILES string of the molecule is SCCc1nc(-c2cc[nH]c2)cs1. The Hall–Kier alpha value is -0.740. The first kappa shape index (κ1) is 8.84. The van der Waals surface area contributed by atoms with Crippen molar-refractivity contribution in [1.29, 1.82) is 0 Å². The lowest BCUT2D eigenvalue weighted by Crippen LogP contribution is -1.83. The number of aryl methyl sites for hydroxylation is 1. The molecular formula is C9H10N2S2. The minimum atomic E-state index is 0.861. The fourth-order valence-electron chi connectivity index (χ4n) is 1.14. The Morgan fingerprint density at radius 3 is 3.15 bits per heavy atom. The molecule has 0 aliphatic carbocycles. The van der Waals surface area contributed by atoms with E-state index in [0.717, 1.165) is 28.4 Å². The van der Waals surface area contributed by atoms with Gasteiger partial charge < -0.3 is 4.98 Å². The van der Waals surface area contributed by atoms with Crippen LogP contribution in [0.1, 0.15) is 5.01 Å². The average molecular weight is 210 g/mol. The van der Waals surface area contributed by atoms with Gasteiger partial charge in [0, 0.05) is 29.8 Å². The first-order chi connectivity index (χ1) is 6.40. The van der Waals surface area contributed by atoms with E-state index in [-0.39, 0.29) is 0 Å². The quantitative estimate of drug-likeness (QED) is 0.749. The number of thiol groups is 1. The Balaban J connectivity index is 2.23. The van der Waals surface area contributed by atoms with E-state index in [9.17, 15) is 0 Å². The molecule has 0 saturated carbocycles. The second-order valence-corrected chi connectivity index (χ2v) is 4.09. The first-order valence-corrected chi connectivity index (χ1v) is 5.60. The molecule has 2 heterocycles. The van der Waals surface area contributed by atoms with Crippen molar-refractivity contribution in [3.8, 4) is 11.3 Å². The van der Waals surface area contributed by atoms with Crippen LogP contribution in [0.2, 0.25) is 0 Å². The summed E-state index contributed by atoms with van der Waals surface area (Å²) in [5.74, 6) is 0.861. The third-order valence-corrected chi connectivity index (χ3v) is 2.90. The highest BCUT2D eigenvalue weighted by molar-refractivity contribution is 7.80. The molecule has 2 aromatic rings. The molecule has 13 heavy (non-hydrogen) atoms. The van der Waals surface area contributed by atoms with Crippen LogP contribution in [0.25, 0.3) is 11.3 Å². The van der Waals surface area contributed by atoms with Crippen LogP contribution < -0.4 is 0 Å². The Labute approximate surface area is 86.4 Å². The van der Waals surface area contributed by atoms with Gasteiger partial charge in [-0.3, -0.25) is 0 Å². The van der Waals surface area contributed by atoms with Gasteiger partial charge in [-0.05, 0) is 11.8 Å². The number of aromatic nitrogens is 2. The summed E-state index contributed by atoms with van der Waals surface area (Å²) >= 11 is 5.88. The van der Waals surface area contributed by atoms with Gasteiger partial charge in [0.05, 0.1) is 10.7 Å². The molecule has 1 N–H and O–H groups in total. The van der Waals surface area contributed by atoms with Crippen LogP contribution in [-0.2, 0) is 6.42 Å². The van der Waals surface area contributed by atoms with E-state index in [1.807, 2.05) is 18.5 Å². The summed E-state index contributed by atoms with van der Waals surface area (Å²) in [5, 5.41) is 3.24. The minimum absolute atomic E-state index is 0.861. The zero-order valence-corrected chi connectivity index (χ0v) is 8.74. The van der Waals surface area contributed by atoms with E-state index in [2.05, 4.69) is 28.0 Å². The van der Waals surface area contributed by atoms with Crippen LogP contribution in [-0.4, -0.2) is 15.7 Å². The zero-order chi connectivity index (χ0) is 9.10. The summed E-state index contributed by atoms with van der Waals surface area (Å²) in [7, 11) is 0. The number of nitrogens with one attached hydrogen (secondary N) is 1. The standard InChI is InChI=1S/C9H10N2S2/c12-4-2-9-11-8(6-13-9)7-1-3-10-5-7/h1,3,5-6,10,12H,2,4H2. The van der Waals surface area contributed by atoms with Crippen LogP contribution >= 0.6 is 24.0 Å². The van der Waals surface area contributed by atoms with E-state index in [4.69, 9.17) is 0 Å². The molecule has 0 unspecified atom stereocenters. The number of H-pyrrole nitrogens is 1. The second kappa shape index (κ2) is 3.98. The summed E-state index contributed by atoms with van der Waals surface area (Å²) in [4.78, 5) is 7.51. The Bertz CT molecular complexity index is 365. The normalized spacial score (nSPS) is 10.5. The van der Waals surface area contributed by atoms with Gasteiger partial charge in [0.2, 0.25) is 0 Å². The molecule has 2 aromatic heterocycles. The van der Waals surface area contributed by atoms with Gasteiger partial charge >= 0.3 is 0 Å². The van der Waals surface area contributed by atoms with Crippen molar-refractivity contribution in [2.45, 2.75) is 6.42 Å². The Morgan fingerprint density at radius 1 is 1.54 bits per heavy atom. The topological polar surface area (TPSA) is 28.7 Å². The molecule has 2 nitrogen and oxygen atoms in total. The highest BCUT2D eigenvalue weighted by Crippen LogP contribution is 2.21. The molecule has 0 atom stereocenters. The smallest absolute Gasteiger partial charge is 0.0940 e. The molecule has 4 heteroatoms. The molecule has 0 aliphatic rings. The van der Waals surface area contributed by atoms with Gasteiger partial charge in [-0.1, -0.05) is 0 Å². The number of thiazole rings is 1. The lowest BCUT2D eigenvalue weighted by Gasteiger charge is -1.88. The number of nitrogens with zero attached hydrogens (tertiary/aromatic N) is 1. The van der Waals surface area contributed by atoms with E-state index >= 15 is 0 Å². The van der Waals surface area contributed by atoms with Gasteiger partial charge in [-0.15, -0.1) is 11.3 Å². The molecule has 0 fully saturated rings. The lowest BCUT2D eigenvalue weighted by molar-refractivity contribution is 1.11. The highest BCUT2D eigenvalue weighted by Gasteiger charge is 2.03. The summed E-state index contributed by atoms with van der Waals surface area (Å²) in [6.07, 6.45) is 4.82. The van der Waals surface area contributed by atoms with Crippen molar-refractivity contribution in [3.05, 3.63) is 28.8 Å². The van der Waals surface area contributed by atoms with Gasteiger partial charge in [-0.2, -0.15) is 12.6 Å². The number of hydrogen-bond acceptors (Lipinski definition) is 3. The van der Waals surface area contributed by atoms with Crippen molar-refractivity contribution >= 4 is 24.0 Å². The summed E-state index contributed by atoms with van der Waals surface area (Å²) in [6.45, 7) is 0. The monoisotopic (exact) mass is 210 g/mol. The molecule has 0 spiro atoms. The molecule has 0 bridgehead atoms. The van der Waals surface area contributed by atoms with Crippen LogP contribution in [0.5, 0.6) is 0 Å². The Kier molecular flexibility index (Phi) is 2.71. The number of rotatable bonds is 3. The van der Waals surface area contributed by atoms with Gasteiger partial charge in [0.15, 0.2) is 0 Å². The molecule has 0 aliphatic heterocycles. The van der Waals surface area contributed by atoms with Crippen molar-refractivity contribution in [1.82, 2.24) is 9.97 Å². The van der Waals surface area contributed by atoms with Crippen molar-refractivity contribution in [2.75, 3.05) is 5.75 Å². The predicted molar refractivity (Wildman–Crippen MR) is 59.5 cm³/mol. The van der Waals surface area contributed by atoms with Crippen LogP contribution in [0.4, 0.5) is 0 Å². The average Bonchev–Trinajstić information content (AvgIpc) is 2.70.